The molecule has 0 radical (unpaired) electrons. The lowest BCUT2D eigenvalue weighted by molar-refractivity contribution is -0.147. The molecule has 0 aliphatic heterocycles. The second-order valence-corrected chi connectivity index (χ2v) is 6.26. The van der Waals surface area contributed by atoms with Gasteiger partial charge in [0.2, 0.25) is 5.91 Å². The van der Waals surface area contributed by atoms with Crippen molar-refractivity contribution in [1.29, 1.82) is 0 Å². The van der Waals surface area contributed by atoms with E-state index in [4.69, 9.17) is 4.74 Å². The number of carbonyl (C=O) groups excluding carboxylic acids is 2. The number of carbonyl (C=O) groups is 2. The number of hydrogen-bond donors (Lipinski definition) is 0. The van der Waals surface area contributed by atoms with E-state index in [1.807, 2.05) is 43.0 Å². The average Bonchev–Trinajstić information content (AvgIpc) is 2.45. The Bertz CT molecular complexity index is 520. The third-order valence-electron chi connectivity index (χ3n) is 4.36. The smallest absolute Gasteiger partial charge is 0.310 e. The first kappa shape index (κ1) is 16.5. The van der Waals surface area contributed by atoms with Crippen molar-refractivity contribution in [1.82, 2.24) is 4.90 Å². The molecule has 1 saturated carbocycles. The van der Waals surface area contributed by atoms with Crippen LogP contribution in [0.4, 0.5) is 0 Å². The summed E-state index contributed by atoms with van der Waals surface area (Å²) in [5.74, 6) is -0.271. The van der Waals surface area contributed by atoms with Crippen LogP contribution in [0.2, 0.25) is 0 Å². The molecule has 0 saturated heterocycles. The minimum atomic E-state index is -0.306. The Morgan fingerprint density at radius 1 is 1.27 bits per heavy atom. The molecule has 2 rings (SSSR count). The van der Waals surface area contributed by atoms with Crippen molar-refractivity contribution in [3.05, 3.63) is 35.4 Å². The van der Waals surface area contributed by atoms with Gasteiger partial charge in [0.15, 0.2) is 0 Å². The molecule has 120 valence electrons. The Morgan fingerprint density at radius 3 is 2.41 bits per heavy atom. The molecule has 0 N–H and O–H groups in total. The fraction of sp³-hybridized carbons (Fsp3) is 0.556. The van der Waals surface area contributed by atoms with Crippen LogP contribution in [0.25, 0.3) is 0 Å². The normalized spacial score (nSPS) is 15.8. The van der Waals surface area contributed by atoms with Gasteiger partial charge < -0.3 is 9.64 Å². The minimum Gasteiger partial charge on any atom is -0.469 e. The quantitative estimate of drug-likeness (QED) is 0.759. The van der Waals surface area contributed by atoms with Gasteiger partial charge in [0.25, 0.3) is 0 Å². The van der Waals surface area contributed by atoms with Crippen LogP contribution in [0.3, 0.4) is 0 Å². The highest BCUT2D eigenvalue weighted by Crippen LogP contribution is 2.29. The highest BCUT2D eigenvalue weighted by Gasteiger charge is 2.31. The zero-order valence-electron chi connectivity index (χ0n) is 13.7. The molecule has 0 aromatic heterocycles. The predicted octanol–water partition coefficient (Wildman–Crippen LogP) is 2.93. The van der Waals surface area contributed by atoms with Gasteiger partial charge in [0.1, 0.15) is 0 Å². The molecule has 1 atom stereocenters. The van der Waals surface area contributed by atoms with Gasteiger partial charge >= 0.3 is 5.97 Å². The van der Waals surface area contributed by atoms with Gasteiger partial charge in [-0.1, -0.05) is 43.2 Å². The standard InChI is InChI=1S/C18H25NO3/c1-13-7-9-15(10-8-13)12-19(11-14(2)18(21)22-3)17(20)16-5-4-6-16/h7-10,14,16H,4-6,11-12H2,1-3H3. The van der Waals surface area contributed by atoms with Crippen LogP contribution in [0, 0.1) is 18.8 Å². The van der Waals surface area contributed by atoms with E-state index in [2.05, 4.69) is 0 Å². The zero-order chi connectivity index (χ0) is 16.1. The Labute approximate surface area is 132 Å². The predicted molar refractivity (Wildman–Crippen MR) is 85.1 cm³/mol. The van der Waals surface area contributed by atoms with Crippen LogP contribution < -0.4 is 0 Å². The largest absolute Gasteiger partial charge is 0.469 e. The third kappa shape index (κ3) is 4.09. The van der Waals surface area contributed by atoms with Crippen LogP contribution >= 0.6 is 0 Å². The number of esters is 1. The molecule has 22 heavy (non-hydrogen) atoms. The second kappa shape index (κ2) is 7.43. The number of methoxy groups -OCH3 is 1. The molecule has 0 bridgehead atoms. The summed E-state index contributed by atoms with van der Waals surface area (Å²) < 4.78 is 4.78. The number of ether oxygens (including phenoxy) is 1. The van der Waals surface area contributed by atoms with E-state index >= 15 is 0 Å². The Balaban J connectivity index is 2.08. The highest BCUT2D eigenvalue weighted by molar-refractivity contribution is 5.80. The summed E-state index contributed by atoms with van der Waals surface area (Å²) in [4.78, 5) is 26.1. The number of benzene rings is 1. The van der Waals surface area contributed by atoms with E-state index in [1.54, 1.807) is 0 Å². The van der Waals surface area contributed by atoms with Crippen LogP contribution in [0.1, 0.15) is 37.3 Å². The zero-order valence-corrected chi connectivity index (χ0v) is 13.7. The highest BCUT2D eigenvalue weighted by atomic mass is 16.5. The summed E-state index contributed by atoms with van der Waals surface area (Å²) in [7, 11) is 1.39. The fourth-order valence-corrected chi connectivity index (χ4v) is 2.67. The van der Waals surface area contributed by atoms with Crippen molar-refractivity contribution < 1.29 is 14.3 Å². The van der Waals surface area contributed by atoms with Crippen LogP contribution in [-0.2, 0) is 20.9 Å². The van der Waals surface area contributed by atoms with E-state index < -0.39 is 0 Å². The summed E-state index contributed by atoms with van der Waals surface area (Å²) in [6, 6.07) is 8.18. The molecule has 1 aliphatic carbocycles. The monoisotopic (exact) mass is 303 g/mol. The maximum absolute atomic E-state index is 12.6. The number of hydrogen-bond acceptors (Lipinski definition) is 3. The van der Waals surface area contributed by atoms with Crippen molar-refractivity contribution in [2.24, 2.45) is 11.8 Å². The molecule has 1 fully saturated rings. The number of rotatable bonds is 6. The van der Waals surface area contributed by atoms with E-state index in [0.717, 1.165) is 24.8 Å². The van der Waals surface area contributed by atoms with Crippen molar-refractivity contribution in [3.63, 3.8) is 0 Å². The van der Waals surface area contributed by atoms with Gasteiger partial charge in [0, 0.05) is 19.0 Å². The molecule has 4 nitrogen and oxygen atoms in total. The number of amides is 1. The summed E-state index contributed by atoms with van der Waals surface area (Å²) in [6.07, 6.45) is 3.06. The lowest BCUT2D eigenvalue weighted by Gasteiger charge is -2.33. The third-order valence-corrected chi connectivity index (χ3v) is 4.36. The first-order chi connectivity index (χ1) is 10.5. The summed E-state index contributed by atoms with van der Waals surface area (Å²) in [5, 5.41) is 0. The fourth-order valence-electron chi connectivity index (χ4n) is 2.67. The van der Waals surface area contributed by atoms with E-state index in [1.165, 1.54) is 12.7 Å². The molecule has 0 heterocycles. The Hall–Kier alpha value is -1.84. The van der Waals surface area contributed by atoms with E-state index in [9.17, 15) is 9.59 Å². The summed E-state index contributed by atoms with van der Waals surface area (Å²) in [6.45, 7) is 4.81. The number of aryl methyl sites for hydroxylation is 1. The lowest BCUT2D eigenvalue weighted by Crippen LogP contribution is -2.42. The molecule has 4 heteroatoms. The molecule has 1 amide bonds. The Morgan fingerprint density at radius 2 is 1.91 bits per heavy atom. The molecule has 1 aliphatic rings. The SMILES string of the molecule is COC(=O)C(C)CN(Cc1ccc(C)cc1)C(=O)C1CCC1. The van der Waals surface area contributed by atoms with Crippen molar-refractivity contribution in [2.45, 2.75) is 39.7 Å². The van der Waals surface area contributed by atoms with E-state index in [0.29, 0.717) is 13.1 Å². The molecule has 1 aromatic rings. The van der Waals surface area contributed by atoms with Crippen LogP contribution in [0.15, 0.2) is 24.3 Å². The van der Waals surface area contributed by atoms with Gasteiger partial charge in [-0.05, 0) is 25.3 Å². The topological polar surface area (TPSA) is 46.6 Å². The average molecular weight is 303 g/mol. The first-order valence-corrected chi connectivity index (χ1v) is 7.93. The van der Waals surface area contributed by atoms with Crippen LogP contribution in [-0.4, -0.2) is 30.4 Å². The Kier molecular flexibility index (Phi) is 5.58. The van der Waals surface area contributed by atoms with Crippen LogP contribution in [0.5, 0.6) is 0 Å². The molecule has 1 aromatic carbocycles. The van der Waals surface area contributed by atoms with Gasteiger partial charge in [-0.15, -0.1) is 0 Å². The van der Waals surface area contributed by atoms with Crippen molar-refractivity contribution in [3.8, 4) is 0 Å². The molecule has 0 spiro atoms. The molecular weight excluding hydrogens is 278 g/mol. The lowest BCUT2D eigenvalue weighted by atomic mass is 9.84. The first-order valence-electron chi connectivity index (χ1n) is 7.93. The number of nitrogens with zero attached hydrogens (tertiary/aromatic N) is 1. The summed E-state index contributed by atoms with van der Waals surface area (Å²) in [5.41, 5.74) is 2.29. The minimum absolute atomic E-state index is 0.135. The van der Waals surface area contributed by atoms with Gasteiger partial charge in [-0.2, -0.15) is 0 Å². The van der Waals surface area contributed by atoms with Gasteiger partial charge in [-0.3, -0.25) is 9.59 Å². The second-order valence-electron chi connectivity index (χ2n) is 6.26. The molecule has 1 unspecified atom stereocenters. The van der Waals surface area contributed by atoms with Gasteiger partial charge in [0.05, 0.1) is 13.0 Å². The summed E-state index contributed by atoms with van der Waals surface area (Å²) >= 11 is 0. The maximum Gasteiger partial charge on any atom is 0.310 e. The van der Waals surface area contributed by atoms with Crippen molar-refractivity contribution in [2.75, 3.05) is 13.7 Å². The van der Waals surface area contributed by atoms with Crippen molar-refractivity contribution >= 4 is 11.9 Å². The maximum atomic E-state index is 12.6. The van der Waals surface area contributed by atoms with Gasteiger partial charge in [-0.25, -0.2) is 0 Å². The van der Waals surface area contributed by atoms with E-state index in [-0.39, 0.29) is 23.7 Å². The molecular formula is C18H25NO3.